The predicted molar refractivity (Wildman–Crippen MR) is 109 cm³/mol. The van der Waals surface area contributed by atoms with Gasteiger partial charge in [-0.05, 0) is 53.1 Å². The molecule has 0 bridgehead atoms. The normalized spacial score (nSPS) is 11.8. The summed E-state index contributed by atoms with van der Waals surface area (Å²) in [4.78, 5) is 23.6. The highest BCUT2D eigenvalue weighted by atomic mass is 127. The van der Waals surface area contributed by atoms with Crippen molar-refractivity contribution in [1.29, 1.82) is 0 Å². The van der Waals surface area contributed by atoms with Crippen molar-refractivity contribution in [2.24, 2.45) is 0 Å². The fraction of sp³-hybridized carbons (Fsp3) is 0.600. The van der Waals surface area contributed by atoms with Crippen LogP contribution in [0.4, 0.5) is 0 Å². The Balaban J connectivity index is 2.22. The molecule has 0 aliphatic carbocycles. The second-order valence-corrected chi connectivity index (χ2v) is 7.52. The SMILES string of the molecule is CCCCCCCC(=O)OC[C@H](CO)OC(=O)CCc1cccc(I)c1. The van der Waals surface area contributed by atoms with Crippen LogP contribution in [0.5, 0.6) is 0 Å². The van der Waals surface area contributed by atoms with E-state index in [0.717, 1.165) is 34.8 Å². The summed E-state index contributed by atoms with van der Waals surface area (Å²) in [6.45, 7) is 1.68. The first-order valence-electron chi connectivity index (χ1n) is 9.25. The number of unbranched alkanes of at least 4 members (excludes halogenated alkanes) is 4. The second kappa shape index (κ2) is 14.0. The van der Waals surface area contributed by atoms with Gasteiger partial charge in [0, 0.05) is 16.4 Å². The molecule has 5 nitrogen and oxygen atoms in total. The van der Waals surface area contributed by atoms with E-state index in [9.17, 15) is 14.7 Å². The zero-order chi connectivity index (χ0) is 19.2. The van der Waals surface area contributed by atoms with Crippen molar-refractivity contribution in [1.82, 2.24) is 0 Å². The lowest BCUT2D eigenvalue weighted by atomic mass is 10.1. The first kappa shape index (κ1) is 22.9. The van der Waals surface area contributed by atoms with E-state index in [4.69, 9.17) is 9.47 Å². The van der Waals surface area contributed by atoms with E-state index in [0.29, 0.717) is 12.8 Å². The molecule has 0 heterocycles. The lowest BCUT2D eigenvalue weighted by molar-refractivity contribution is -0.161. The molecule has 1 aromatic carbocycles. The average molecular weight is 476 g/mol. The number of hydrogen-bond acceptors (Lipinski definition) is 5. The zero-order valence-corrected chi connectivity index (χ0v) is 17.6. The van der Waals surface area contributed by atoms with Gasteiger partial charge in [0.15, 0.2) is 6.10 Å². The molecule has 6 heteroatoms. The fourth-order valence-electron chi connectivity index (χ4n) is 2.44. The summed E-state index contributed by atoms with van der Waals surface area (Å²) >= 11 is 2.22. The van der Waals surface area contributed by atoms with Gasteiger partial charge in [-0.25, -0.2) is 0 Å². The number of aryl methyl sites for hydroxylation is 1. The molecule has 1 rings (SSSR count). The molecule has 0 saturated heterocycles. The van der Waals surface area contributed by atoms with Crippen molar-refractivity contribution in [2.45, 2.75) is 64.4 Å². The summed E-state index contributed by atoms with van der Waals surface area (Å²) in [5.74, 6) is -0.714. The van der Waals surface area contributed by atoms with Crippen LogP contribution in [-0.2, 0) is 25.5 Å². The van der Waals surface area contributed by atoms with Crippen molar-refractivity contribution < 1.29 is 24.2 Å². The number of ether oxygens (including phenoxy) is 2. The van der Waals surface area contributed by atoms with E-state index < -0.39 is 12.1 Å². The monoisotopic (exact) mass is 476 g/mol. The summed E-state index contributed by atoms with van der Waals surface area (Å²) in [6.07, 6.45) is 5.65. The number of rotatable bonds is 13. The van der Waals surface area contributed by atoms with Gasteiger partial charge >= 0.3 is 11.9 Å². The van der Waals surface area contributed by atoms with Crippen LogP contribution in [0.3, 0.4) is 0 Å². The molecule has 0 amide bonds. The van der Waals surface area contributed by atoms with E-state index >= 15 is 0 Å². The van der Waals surface area contributed by atoms with E-state index in [1.807, 2.05) is 24.3 Å². The molecule has 0 aliphatic rings. The van der Waals surface area contributed by atoms with Crippen LogP contribution in [0.2, 0.25) is 0 Å². The average Bonchev–Trinajstić information content (AvgIpc) is 2.63. The molecule has 0 spiro atoms. The number of hydrogen-bond donors (Lipinski definition) is 1. The Morgan fingerprint density at radius 1 is 1.12 bits per heavy atom. The highest BCUT2D eigenvalue weighted by Gasteiger charge is 2.16. The highest BCUT2D eigenvalue weighted by Crippen LogP contribution is 2.11. The number of carbonyl (C=O) groups excluding carboxylic acids is 2. The van der Waals surface area contributed by atoms with Gasteiger partial charge < -0.3 is 14.6 Å². The van der Waals surface area contributed by atoms with Crippen LogP contribution in [-0.4, -0.2) is 36.4 Å². The minimum Gasteiger partial charge on any atom is -0.462 e. The molecular formula is C20H29IO5. The first-order chi connectivity index (χ1) is 12.5. The molecule has 0 saturated carbocycles. The van der Waals surface area contributed by atoms with Gasteiger partial charge in [-0.15, -0.1) is 0 Å². The quantitative estimate of drug-likeness (QED) is 0.265. The third-order valence-corrected chi connectivity index (χ3v) is 4.59. The van der Waals surface area contributed by atoms with Crippen LogP contribution >= 0.6 is 22.6 Å². The van der Waals surface area contributed by atoms with Gasteiger partial charge in [0.2, 0.25) is 0 Å². The molecule has 26 heavy (non-hydrogen) atoms. The number of benzene rings is 1. The standard InChI is InChI=1S/C20H29IO5/c1-2-3-4-5-6-10-19(23)25-15-18(14-22)26-20(24)12-11-16-8-7-9-17(21)13-16/h7-9,13,18,22H,2-6,10-12,14-15H2,1H3/t18-/m0/s1. The number of halogens is 1. The van der Waals surface area contributed by atoms with Crippen LogP contribution in [0.1, 0.15) is 57.4 Å². The van der Waals surface area contributed by atoms with Crippen LogP contribution in [0.25, 0.3) is 0 Å². The second-order valence-electron chi connectivity index (χ2n) is 6.27. The Bertz CT molecular complexity index is 547. The summed E-state index contributed by atoms with van der Waals surface area (Å²) < 4.78 is 11.4. The number of aliphatic hydroxyl groups excluding tert-OH is 1. The molecule has 1 atom stereocenters. The molecule has 1 N–H and O–H groups in total. The van der Waals surface area contributed by atoms with Crippen LogP contribution < -0.4 is 0 Å². The van der Waals surface area contributed by atoms with Crippen molar-refractivity contribution in [3.63, 3.8) is 0 Å². The van der Waals surface area contributed by atoms with E-state index in [2.05, 4.69) is 29.5 Å². The van der Waals surface area contributed by atoms with Crippen molar-refractivity contribution in [3.05, 3.63) is 33.4 Å². The Hall–Kier alpha value is -1.15. The molecule has 1 aromatic rings. The molecule has 0 aromatic heterocycles. The maximum Gasteiger partial charge on any atom is 0.306 e. The zero-order valence-electron chi connectivity index (χ0n) is 15.4. The lowest BCUT2D eigenvalue weighted by Gasteiger charge is -2.15. The van der Waals surface area contributed by atoms with Crippen LogP contribution in [0.15, 0.2) is 24.3 Å². The predicted octanol–water partition coefficient (Wildman–Crippen LogP) is 4.03. The molecule has 0 aliphatic heterocycles. The largest absolute Gasteiger partial charge is 0.462 e. The smallest absolute Gasteiger partial charge is 0.306 e. The number of carbonyl (C=O) groups is 2. The number of esters is 2. The molecule has 0 fully saturated rings. The Morgan fingerprint density at radius 3 is 2.58 bits per heavy atom. The third-order valence-electron chi connectivity index (χ3n) is 3.92. The Morgan fingerprint density at radius 2 is 1.88 bits per heavy atom. The summed E-state index contributed by atoms with van der Waals surface area (Å²) in [6, 6.07) is 7.91. The van der Waals surface area contributed by atoms with Crippen molar-refractivity contribution >= 4 is 34.5 Å². The van der Waals surface area contributed by atoms with Gasteiger partial charge in [-0.2, -0.15) is 0 Å². The van der Waals surface area contributed by atoms with Gasteiger partial charge in [-0.3, -0.25) is 9.59 Å². The first-order valence-corrected chi connectivity index (χ1v) is 10.3. The van der Waals surface area contributed by atoms with E-state index in [1.54, 1.807) is 0 Å². The van der Waals surface area contributed by atoms with Crippen LogP contribution in [0, 0.1) is 3.57 Å². The maximum absolute atomic E-state index is 11.9. The number of aliphatic hydroxyl groups is 1. The van der Waals surface area contributed by atoms with Gasteiger partial charge in [0.25, 0.3) is 0 Å². The van der Waals surface area contributed by atoms with E-state index in [1.165, 1.54) is 6.42 Å². The third kappa shape index (κ3) is 10.8. The molecule has 146 valence electrons. The van der Waals surface area contributed by atoms with Gasteiger partial charge in [-0.1, -0.05) is 44.7 Å². The Kier molecular flexibility index (Phi) is 12.3. The van der Waals surface area contributed by atoms with Crippen molar-refractivity contribution in [3.8, 4) is 0 Å². The Labute approximate surface area is 169 Å². The molecule has 0 unspecified atom stereocenters. The topological polar surface area (TPSA) is 72.8 Å². The van der Waals surface area contributed by atoms with Gasteiger partial charge in [0.05, 0.1) is 6.61 Å². The molecular weight excluding hydrogens is 447 g/mol. The summed E-state index contributed by atoms with van der Waals surface area (Å²) in [7, 11) is 0. The molecule has 0 radical (unpaired) electrons. The fourth-order valence-corrected chi connectivity index (χ4v) is 3.05. The van der Waals surface area contributed by atoms with E-state index in [-0.39, 0.29) is 25.6 Å². The minimum absolute atomic E-state index is 0.0979. The lowest BCUT2D eigenvalue weighted by Crippen LogP contribution is -2.28. The summed E-state index contributed by atoms with van der Waals surface area (Å²) in [5, 5.41) is 9.31. The summed E-state index contributed by atoms with van der Waals surface area (Å²) in [5.41, 5.74) is 1.06. The maximum atomic E-state index is 11.9. The minimum atomic E-state index is -0.803. The van der Waals surface area contributed by atoms with Crippen molar-refractivity contribution in [2.75, 3.05) is 13.2 Å². The van der Waals surface area contributed by atoms with Gasteiger partial charge in [0.1, 0.15) is 6.61 Å². The highest BCUT2D eigenvalue weighted by molar-refractivity contribution is 14.1.